The molecule has 0 amide bonds. The van der Waals surface area contributed by atoms with Crippen LogP contribution in [0, 0.1) is 0 Å². The minimum absolute atomic E-state index is 0.0258. The van der Waals surface area contributed by atoms with Gasteiger partial charge in [-0.15, -0.1) is 0 Å². The van der Waals surface area contributed by atoms with Crippen molar-refractivity contribution in [1.29, 1.82) is 0 Å². The Kier molecular flexibility index (Phi) is 4.95. The third kappa shape index (κ3) is 2.84. The molecule has 0 aliphatic heterocycles. The van der Waals surface area contributed by atoms with Gasteiger partial charge in [-0.3, -0.25) is 0 Å². The molecule has 0 aromatic carbocycles. The molecule has 0 heterocycles. The average Bonchev–Trinajstić information content (AvgIpc) is 2.12. The predicted octanol–water partition coefficient (Wildman–Crippen LogP) is -3.38. The Labute approximate surface area is 68.7 Å². The molecular weight excluding hydrogens is 172 g/mol. The van der Waals surface area contributed by atoms with E-state index in [4.69, 9.17) is 25.5 Å². The number of carbonyl (C=O) groups excluding carboxylic acids is 1. The Hall–Kier alpha value is -0.530. The Balaban J connectivity index is 4.07. The second kappa shape index (κ2) is 5.18. The van der Waals surface area contributed by atoms with Crippen molar-refractivity contribution in [1.82, 2.24) is 0 Å². The lowest BCUT2D eigenvalue weighted by Crippen LogP contribution is -2.46. The molecule has 6 nitrogen and oxygen atoms in total. The first-order valence-corrected chi connectivity index (χ1v) is 3.33. The molecular formula is C6H12O6. The lowest BCUT2D eigenvalue weighted by molar-refractivity contribution is -0.136. The number of aliphatic hydroxyl groups is 5. The molecule has 12 heavy (non-hydrogen) atoms. The molecule has 0 rings (SSSR count). The zero-order valence-corrected chi connectivity index (χ0v) is 6.24. The van der Waals surface area contributed by atoms with Gasteiger partial charge in [-0.05, 0) is 0 Å². The molecule has 0 aromatic rings. The lowest BCUT2D eigenvalue weighted by Gasteiger charge is -2.22. The maximum atomic E-state index is 9.90. The summed E-state index contributed by atoms with van der Waals surface area (Å²) in [6, 6.07) is 0. The number of rotatable bonds is 5. The van der Waals surface area contributed by atoms with Crippen molar-refractivity contribution in [2.24, 2.45) is 0 Å². The highest BCUT2D eigenvalue weighted by Gasteiger charge is 2.29. The van der Waals surface area contributed by atoms with Crippen LogP contribution in [0.1, 0.15) is 0 Å². The van der Waals surface area contributed by atoms with Crippen molar-refractivity contribution < 1.29 is 30.3 Å². The molecule has 0 aromatic heterocycles. The van der Waals surface area contributed by atoms with E-state index in [0.717, 1.165) is 0 Å². The van der Waals surface area contributed by atoms with Gasteiger partial charge in [0, 0.05) is 0 Å². The van der Waals surface area contributed by atoms with Gasteiger partial charge in [0.15, 0.2) is 6.29 Å². The van der Waals surface area contributed by atoms with Crippen LogP contribution in [0.3, 0.4) is 0 Å². The Morgan fingerprint density at radius 3 is 2.08 bits per heavy atom. The predicted molar refractivity (Wildman–Crippen MR) is 37.2 cm³/mol. The van der Waals surface area contributed by atoms with Crippen LogP contribution in [0.15, 0.2) is 0 Å². The number of carbonyl (C=O) groups is 1. The first kappa shape index (κ1) is 11.5. The second-order valence-electron chi connectivity index (χ2n) is 2.36. The zero-order valence-electron chi connectivity index (χ0n) is 6.24. The Morgan fingerprint density at radius 1 is 1.25 bits per heavy atom. The number of aliphatic hydroxyl groups excluding tert-OH is 5. The quantitative estimate of drug-likeness (QED) is 0.225. The van der Waals surface area contributed by atoms with Crippen molar-refractivity contribution in [3.05, 3.63) is 0 Å². The molecule has 0 radical (unpaired) electrons. The molecule has 0 fully saturated rings. The summed E-state index contributed by atoms with van der Waals surface area (Å²) in [7, 11) is 0. The van der Waals surface area contributed by atoms with Crippen molar-refractivity contribution in [3.63, 3.8) is 0 Å². The van der Waals surface area contributed by atoms with Crippen molar-refractivity contribution in [2.75, 3.05) is 6.61 Å². The first-order chi connectivity index (χ1) is 5.54. The van der Waals surface area contributed by atoms with Gasteiger partial charge in [0.25, 0.3) is 0 Å². The van der Waals surface area contributed by atoms with Gasteiger partial charge in [-0.25, -0.2) is 0 Å². The molecule has 0 spiro atoms. The fourth-order valence-electron chi connectivity index (χ4n) is 0.618. The normalized spacial score (nSPS) is 21.1. The highest BCUT2D eigenvalue weighted by Crippen LogP contribution is 2.02. The Bertz CT molecular complexity index is 138. The molecule has 0 saturated carbocycles. The molecule has 6 heteroatoms. The van der Waals surface area contributed by atoms with Crippen LogP contribution in [0.5, 0.6) is 0 Å². The van der Waals surface area contributed by atoms with Gasteiger partial charge in [-0.2, -0.15) is 0 Å². The lowest BCUT2D eigenvalue weighted by atomic mass is 10.1. The van der Waals surface area contributed by atoms with Gasteiger partial charge >= 0.3 is 0 Å². The van der Waals surface area contributed by atoms with Crippen molar-refractivity contribution in [2.45, 2.75) is 24.4 Å². The molecule has 0 unspecified atom stereocenters. The number of hydrogen-bond acceptors (Lipinski definition) is 6. The summed E-state index contributed by atoms with van der Waals surface area (Å²) in [6.07, 6.45) is -6.84. The standard InChI is InChI=1S/C6H12O6/c7-1-3(9)5(11)6(12)4(10)2-8/h1,3-6,8-12H,2H2/t3-,4+,5-,6+/m0/s1/i11+2,12+2. The fourth-order valence-corrected chi connectivity index (χ4v) is 0.618. The van der Waals surface area contributed by atoms with Crippen LogP contribution in [-0.2, 0) is 4.79 Å². The summed E-state index contributed by atoms with van der Waals surface area (Å²) in [6.45, 7) is -0.760. The summed E-state index contributed by atoms with van der Waals surface area (Å²) in [5.74, 6) is 0. The molecule has 0 aliphatic rings. The van der Waals surface area contributed by atoms with E-state index in [1.54, 1.807) is 0 Å². The van der Waals surface area contributed by atoms with Crippen molar-refractivity contribution in [3.8, 4) is 0 Å². The van der Waals surface area contributed by atoms with E-state index in [-0.39, 0.29) is 6.29 Å². The number of aldehydes is 1. The number of hydrogen-bond donors (Lipinski definition) is 5. The van der Waals surface area contributed by atoms with E-state index in [2.05, 4.69) is 0 Å². The first-order valence-electron chi connectivity index (χ1n) is 3.33. The summed E-state index contributed by atoms with van der Waals surface area (Å²) >= 11 is 0. The fraction of sp³-hybridized carbons (Fsp3) is 0.833. The summed E-state index contributed by atoms with van der Waals surface area (Å²) in [5, 5.41) is 43.5. The zero-order chi connectivity index (χ0) is 9.72. The van der Waals surface area contributed by atoms with E-state index in [0.29, 0.717) is 0 Å². The molecule has 4 atom stereocenters. The largest absolute Gasteiger partial charge is 0.394 e. The topological polar surface area (TPSA) is 118 Å². The smallest absolute Gasteiger partial charge is 0.151 e. The SMILES string of the molecule is O=C[C@H](O)[C@H]([18OH])[C@H]([18OH])[C@H](O)CO. The maximum absolute atomic E-state index is 9.90. The van der Waals surface area contributed by atoms with Gasteiger partial charge in [0.05, 0.1) is 6.61 Å². The molecule has 72 valence electrons. The summed E-state index contributed by atoms with van der Waals surface area (Å²) in [5.41, 5.74) is 0. The minimum atomic E-state index is -1.79. The van der Waals surface area contributed by atoms with Crippen LogP contribution in [0.25, 0.3) is 0 Å². The van der Waals surface area contributed by atoms with Crippen molar-refractivity contribution >= 4 is 6.29 Å². The van der Waals surface area contributed by atoms with Gasteiger partial charge in [-0.1, -0.05) is 0 Å². The van der Waals surface area contributed by atoms with Gasteiger partial charge < -0.3 is 30.3 Å². The van der Waals surface area contributed by atoms with E-state index in [9.17, 15) is 4.79 Å². The van der Waals surface area contributed by atoms with Gasteiger partial charge in [0.2, 0.25) is 0 Å². The average molecular weight is 184 g/mol. The molecule has 0 bridgehead atoms. The van der Waals surface area contributed by atoms with Crippen LogP contribution in [0.2, 0.25) is 0 Å². The van der Waals surface area contributed by atoms with Crippen LogP contribution >= 0.6 is 0 Å². The van der Waals surface area contributed by atoms with E-state index in [1.807, 2.05) is 0 Å². The van der Waals surface area contributed by atoms with Gasteiger partial charge in [0.1, 0.15) is 24.4 Å². The Morgan fingerprint density at radius 2 is 1.75 bits per heavy atom. The van der Waals surface area contributed by atoms with E-state index >= 15 is 0 Å². The summed E-state index contributed by atoms with van der Waals surface area (Å²) < 4.78 is 0. The second-order valence-corrected chi connectivity index (χ2v) is 2.36. The van der Waals surface area contributed by atoms with E-state index in [1.165, 1.54) is 0 Å². The third-order valence-electron chi connectivity index (χ3n) is 1.42. The molecule has 5 N–H and O–H groups in total. The molecule has 0 aliphatic carbocycles. The summed E-state index contributed by atoms with van der Waals surface area (Å²) in [4.78, 5) is 9.90. The molecule has 0 saturated heterocycles. The van der Waals surface area contributed by atoms with Crippen LogP contribution in [0.4, 0.5) is 0 Å². The highest BCUT2D eigenvalue weighted by molar-refractivity contribution is 5.56. The van der Waals surface area contributed by atoms with Crippen LogP contribution in [-0.4, -0.2) is 62.8 Å². The minimum Gasteiger partial charge on any atom is -0.394 e. The third-order valence-corrected chi connectivity index (χ3v) is 1.42. The monoisotopic (exact) mass is 184 g/mol. The van der Waals surface area contributed by atoms with E-state index < -0.39 is 31.0 Å². The maximum Gasteiger partial charge on any atom is 0.151 e. The highest BCUT2D eigenvalue weighted by atomic mass is 18.2. The van der Waals surface area contributed by atoms with Crippen LogP contribution < -0.4 is 0 Å².